The molecule has 0 spiro atoms. The number of carbonyl (C=O) groups is 1. The molecule has 0 amide bonds. The van der Waals surface area contributed by atoms with Crippen molar-refractivity contribution in [3.63, 3.8) is 0 Å². The molecule has 0 saturated heterocycles. The predicted octanol–water partition coefficient (Wildman–Crippen LogP) is 3.91. The van der Waals surface area contributed by atoms with Crippen molar-refractivity contribution < 1.29 is 27.4 Å². The number of hydrogen-bond acceptors (Lipinski definition) is 3. The lowest BCUT2D eigenvalue weighted by Gasteiger charge is -2.20. The van der Waals surface area contributed by atoms with Crippen LogP contribution in [0.3, 0.4) is 0 Å². The molecule has 6 heteroatoms. The molecule has 1 aromatic carbocycles. The first-order valence-corrected chi connectivity index (χ1v) is 5.82. The van der Waals surface area contributed by atoms with Crippen LogP contribution in [-0.2, 0) is 14.3 Å². The molecular formula is C14H15F3O3. The average molecular weight is 288 g/mol. The molecule has 0 bridgehead atoms. The molecule has 0 atom stereocenters. The number of alkyl halides is 3. The fraction of sp³-hybridized carbons (Fsp3) is 0.357. The minimum absolute atomic E-state index is 0.283. The monoisotopic (exact) mass is 288 g/mol. The Morgan fingerprint density at radius 1 is 1.10 bits per heavy atom. The van der Waals surface area contributed by atoms with Crippen LogP contribution in [0.2, 0.25) is 0 Å². The van der Waals surface area contributed by atoms with Gasteiger partial charge >= 0.3 is 12.3 Å². The zero-order chi connectivity index (χ0) is 15.4. The van der Waals surface area contributed by atoms with Gasteiger partial charge < -0.3 is 9.47 Å². The van der Waals surface area contributed by atoms with E-state index in [2.05, 4.69) is 4.74 Å². The Bertz CT molecular complexity index is 485. The molecule has 20 heavy (non-hydrogen) atoms. The van der Waals surface area contributed by atoms with Crippen molar-refractivity contribution in [3.8, 4) is 0 Å². The molecule has 0 radical (unpaired) electrons. The highest BCUT2D eigenvalue weighted by Crippen LogP contribution is 2.23. The second-order valence-electron chi connectivity index (χ2n) is 4.96. The van der Waals surface area contributed by atoms with E-state index in [1.165, 1.54) is 12.1 Å². The maximum Gasteiger partial charge on any atom is 0.572 e. The van der Waals surface area contributed by atoms with E-state index >= 15 is 0 Å². The fourth-order valence-corrected chi connectivity index (χ4v) is 1.31. The van der Waals surface area contributed by atoms with Crippen LogP contribution < -0.4 is 0 Å². The third-order valence-corrected chi connectivity index (χ3v) is 2.01. The van der Waals surface area contributed by atoms with E-state index in [0.717, 1.165) is 0 Å². The summed E-state index contributed by atoms with van der Waals surface area (Å²) in [6, 6.07) is 7.87. The van der Waals surface area contributed by atoms with Gasteiger partial charge in [-0.05, 0) is 26.3 Å². The van der Waals surface area contributed by atoms with E-state index in [-0.39, 0.29) is 11.1 Å². The summed E-state index contributed by atoms with van der Waals surface area (Å²) in [5.74, 6) is -0.882. The Labute approximate surface area is 115 Å². The van der Waals surface area contributed by atoms with Crippen LogP contribution in [-0.4, -0.2) is 17.9 Å². The first-order chi connectivity index (χ1) is 9.08. The van der Waals surface area contributed by atoms with Crippen molar-refractivity contribution in [2.45, 2.75) is 32.7 Å². The van der Waals surface area contributed by atoms with Crippen LogP contribution in [0.15, 0.2) is 36.6 Å². The SMILES string of the molecule is CC(C)(C)OC(=O)C(=COC(F)(F)F)c1ccccc1. The molecule has 0 aliphatic rings. The van der Waals surface area contributed by atoms with Gasteiger partial charge in [-0.15, -0.1) is 13.2 Å². The summed E-state index contributed by atoms with van der Waals surface area (Å²) < 4.78 is 45.0. The van der Waals surface area contributed by atoms with Crippen molar-refractivity contribution in [3.05, 3.63) is 42.2 Å². The summed E-state index contributed by atoms with van der Waals surface area (Å²) in [7, 11) is 0. The Hall–Kier alpha value is -1.98. The molecule has 0 N–H and O–H groups in total. The molecule has 110 valence electrons. The van der Waals surface area contributed by atoms with Crippen LogP contribution in [0.25, 0.3) is 5.57 Å². The van der Waals surface area contributed by atoms with Gasteiger partial charge in [0.05, 0.1) is 0 Å². The van der Waals surface area contributed by atoms with E-state index in [0.29, 0.717) is 6.26 Å². The predicted molar refractivity (Wildman–Crippen MR) is 67.4 cm³/mol. The molecule has 1 rings (SSSR count). The van der Waals surface area contributed by atoms with Crippen LogP contribution in [0.4, 0.5) is 13.2 Å². The first kappa shape index (κ1) is 16.1. The maximum absolute atomic E-state index is 12.1. The second kappa shape index (κ2) is 5.98. The summed E-state index contributed by atoms with van der Waals surface area (Å²) in [4.78, 5) is 11.9. The Morgan fingerprint density at radius 2 is 1.65 bits per heavy atom. The molecule has 0 aliphatic carbocycles. The maximum atomic E-state index is 12.1. The highest BCUT2D eigenvalue weighted by atomic mass is 19.4. The zero-order valence-corrected chi connectivity index (χ0v) is 11.3. The van der Waals surface area contributed by atoms with Gasteiger partial charge in [-0.25, -0.2) is 4.79 Å². The Kier molecular flexibility index (Phi) is 4.81. The average Bonchev–Trinajstić information content (AvgIpc) is 2.26. The quantitative estimate of drug-likeness (QED) is 0.480. The molecule has 0 heterocycles. The van der Waals surface area contributed by atoms with Gasteiger partial charge in [-0.2, -0.15) is 0 Å². The van der Waals surface area contributed by atoms with Crippen LogP contribution in [0, 0.1) is 0 Å². The lowest BCUT2D eigenvalue weighted by atomic mass is 10.1. The Morgan fingerprint density at radius 3 is 2.10 bits per heavy atom. The summed E-state index contributed by atoms with van der Waals surface area (Å²) in [5.41, 5.74) is -0.827. The summed E-state index contributed by atoms with van der Waals surface area (Å²) in [6.45, 7) is 4.87. The van der Waals surface area contributed by atoms with Crippen molar-refractivity contribution in [2.24, 2.45) is 0 Å². The lowest BCUT2D eigenvalue weighted by molar-refractivity contribution is -0.297. The normalized spacial score (nSPS) is 13.0. The highest BCUT2D eigenvalue weighted by molar-refractivity contribution is 6.16. The topological polar surface area (TPSA) is 35.5 Å². The van der Waals surface area contributed by atoms with Crippen molar-refractivity contribution in [2.75, 3.05) is 0 Å². The number of carbonyl (C=O) groups excluding carboxylic acids is 1. The molecule has 1 aromatic rings. The number of esters is 1. The molecule has 3 nitrogen and oxygen atoms in total. The van der Waals surface area contributed by atoms with Gasteiger partial charge in [-0.1, -0.05) is 30.3 Å². The molecule has 0 aliphatic heterocycles. The molecule has 0 aromatic heterocycles. The van der Waals surface area contributed by atoms with Gasteiger partial charge in [0.25, 0.3) is 0 Å². The third kappa shape index (κ3) is 5.77. The van der Waals surface area contributed by atoms with Gasteiger partial charge in [0.1, 0.15) is 17.4 Å². The van der Waals surface area contributed by atoms with Crippen molar-refractivity contribution in [1.29, 1.82) is 0 Å². The van der Waals surface area contributed by atoms with Gasteiger partial charge in [0.2, 0.25) is 0 Å². The standard InChI is InChI=1S/C14H15F3O3/c1-13(2,3)20-12(18)11(9-19-14(15,16)17)10-7-5-4-6-8-10/h4-9H,1-3H3. The molecule has 0 saturated carbocycles. The second-order valence-corrected chi connectivity index (χ2v) is 4.96. The number of ether oxygens (including phenoxy) is 2. The highest BCUT2D eigenvalue weighted by Gasteiger charge is 2.31. The number of hydrogen-bond donors (Lipinski definition) is 0. The minimum atomic E-state index is -4.86. The van der Waals surface area contributed by atoms with Crippen LogP contribution in [0.1, 0.15) is 26.3 Å². The van der Waals surface area contributed by atoms with Gasteiger partial charge in [-0.3, -0.25) is 0 Å². The van der Waals surface area contributed by atoms with Crippen LogP contribution in [0.5, 0.6) is 0 Å². The van der Waals surface area contributed by atoms with Crippen molar-refractivity contribution in [1.82, 2.24) is 0 Å². The van der Waals surface area contributed by atoms with E-state index in [1.807, 2.05) is 0 Å². The largest absolute Gasteiger partial charge is 0.572 e. The number of benzene rings is 1. The Balaban J connectivity index is 3.06. The number of halogens is 3. The number of rotatable bonds is 3. The van der Waals surface area contributed by atoms with Crippen molar-refractivity contribution >= 4 is 11.5 Å². The van der Waals surface area contributed by atoms with E-state index in [1.54, 1.807) is 39.0 Å². The lowest BCUT2D eigenvalue weighted by Crippen LogP contribution is -2.25. The van der Waals surface area contributed by atoms with E-state index < -0.39 is 17.9 Å². The molecular weight excluding hydrogens is 273 g/mol. The fourth-order valence-electron chi connectivity index (χ4n) is 1.31. The summed E-state index contributed by atoms with van der Waals surface area (Å²) in [5, 5.41) is 0. The third-order valence-electron chi connectivity index (χ3n) is 2.01. The first-order valence-electron chi connectivity index (χ1n) is 5.82. The van der Waals surface area contributed by atoms with Gasteiger partial charge in [0, 0.05) is 0 Å². The zero-order valence-electron chi connectivity index (χ0n) is 11.3. The van der Waals surface area contributed by atoms with Gasteiger partial charge in [0.15, 0.2) is 0 Å². The summed E-state index contributed by atoms with van der Waals surface area (Å²) >= 11 is 0. The van der Waals surface area contributed by atoms with Crippen LogP contribution >= 0.6 is 0 Å². The van der Waals surface area contributed by atoms with E-state index in [4.69, 9.17) is 4.74 Å². The van der Waals surface area contributed by atoms with E-state index in [9.17, 15) is 18.0 Å². The smallest absolute Gasteiger partial charge is 0.456 e. The molecule has 0 unspecified atom stereocenters. The molecule has 0 fully saturated rings. The minimum Gasteiger partial charge on any atom is -0.456 e. The summed E-state index contributed by atoms with van der Waals surface area (Å²) in [6.07, 6.45) is -4.49.